The molecule has 0 aliphatic rings. The van der Waals surface area contributed by atoms with Gasteiger partial charge in [0.2, 0.25) is 0 Å². The van der Waals surface area contributed by atoms with Crippen LogP contribution in [0.15, 0.2) is 17.6 Å². The minimum Gasteiger partial charge on any atom is -0.465 e. The number of ether oxygens (including phenoxy) is 1. The van der Waals surface area contributed by atoms with Crippen LogP contribution in [0.2, 0.25) is 0 Å². The summed E-state index contributed by atoms with van der Waals surface area (Å²) in [5.41, 5.74) is 3.27. The molecule has 0 spiro atoms. The highest BCUT2D eigenvalue weighted by Crippen LogP contribution is 2.28. The fourth-order valence-corrected chi connectivity index (χ4v) is 2.59. The predicted molar refractivity (Wildman–Crippen MR) is 67.2 cm³/mol. The fourth-order valence-electron chi connectivity index (χ4n) is 1.78. The molecule has 2 aromatic heterocycles. The van der Waals surface area contributed by atoms with Crippen LogP contribution in [0.3, 0.4) is 0 Å². The van der Waals surface area contributed by atoms with E-state index in [4.69, 9.17) is 4.74 Å². The first-order valence-corrected chi connectivity index (χ1v) is 6.23. The molecule has 90 valence electrons. The van der Waals surface area contributed by atoms with Crippen LogP contribution >= 0.6 is 11.3 Å². The van der Waals surface area contributed by atoms with Gasteiger partial charge in [0.1, 0.15) is 4.88 Å². The molecular weight excluding hydrogens is 236 g/mol. The molecule has 2 heterocycles. The molecule has 2 rings (SSSR count). The Bertz CT molecular complexity index is 542. The largest absolute Gasteiger partial charge is 0.465 e. The zero-order valence-corrected chi connectivity index (χ0v) is 10.9. The second kappa shape index (κ2) is 4.71. The molecule has 0 aromatic carbocycles. The molecule has 0 saturated carbocycles. The zero-order valence-electron chi connectivity index (χ0n) is 10.1. The lowest BCUT2D eigenvalue weighted by Gasteiger charge is -2.01. The maximum absolute atomic E-state index is 11.4. The van der Waals surface area contributed by atoms with E-state index in [-0.39, 0.29) is 5.97 Å². The minimum atomic E-state index is -0.290. The van der Waals surface area contributed by atoms with Crippen molar-refractivity contribution in [2.24, 2.45) is 7.05 Å². The molecule has 0 atom stereocenters. The smallest absolute Gasteiger partial charge is 0.348 e. The Morgan fingerprint density at radius 3 is 3.00 bits per heavy atom. The molecule has 0 bridgehead atoms. The van der Waals surface area contributed by atoms with E-state index in [1.165, 1.54) is 24.0 Å². The highest BCUT2D eigenvalue weighted by molar-refractivity contribution is 7.12. The third-order valence-corrected chi connectivity index (χ3v) is 3.57. The highest BCUT2D eigenvalue weighted by atomic mass is 32.1. The third kappa shape index (κ3) is 2.10. The average Bonchev–Trinajstić information content (AvgIpc) is 2.93. The number of methoxy groups -OCH3 is 1. The molecule has 0 aliphatic carbocycles. The maximum atomic E-state index is 11.4. The van der Waals surface area contributed by atoms with Gasteiger partial charge in [0, 0.05) is 18.0 Å². The van der Waals surface area contributed by atoms with E-state index in [1.54, 1.807) is 0 Å². The van der Waals surface area contributed by atoms with Crippen molar-refractivity contribution in [3.63, 3.8) is 0 Å². The van der Waals surface area contributed by atoms with Gasteiger partial charge in [-0.25, -0.2) is 4.79 Å². The number of carbonyl (C=O) groups is 1. The normalized spacial score (nSPS) is 10.5. The summed E-state index contributed by atoms with van der Waals surface area (Å²) in [5, 5.41) is 6.20. The van der Waals surface area contributed by atoms with Crippen molar-refractivity contribution in [2.75, 3.05) is 7.11 Å². The number of aromatic nitrogens is 2. The molecule has 0 aliphatic heterocycles. The summed E-state index contributed by atoms with van der Waals surface area (Å²) in [6.07, 6.45) is 2.79. The van der Waals surface area contributed by atoms with E-state index in [0.29, 0.717) is 4.88 Å². The molecule has 2 aromatic rings. The topological polar surface area (TPSA) is 44.1 Å². The van der Waals surface area contributed by atoms with Crippen molar-refractivity contribution in [1.82, 2.24) is 9.78 Å². The molecule has 0 saturated heterocycles. The summed E-state index contributed by atoms with van der Waals surface area (Å²) in [5.74, 6) is -0.290. The lowest BCUT2D eigenvalue weighted by molar-refractivity contribution is 0.0606. The standard InChI is InChI=1S/C12H14N2O2S/c1-4-8-6-13-14(2)11(8)9-5-10(17-7-9)12(15)16-3/h5-7H,4H2,1-3H3. The number of nitrogens with zero attached hydrogens (tertiary/aromatic N) is 2. The summed E-state index contributed by atoms with van der Waals surface area (Å²) in [7, 11) is 3.30. The Morgan fingerprint density at radius 1 is 1.59 bits per heavy atom. The van der Waals surface area contributed by atoms with Gasteiger partial charge in [-0.3, -0.25) is 4.68 Å². The first kappa shape index (κ1) is 11.9. The van der Waals surface area contributed by atoms with E-state index >= 15 is 0 Å². The van der Waals surface area contributed by atoms with Crippen LogP contribution in [0.25, 0.3) is 11.3 Å². The van der Waals surface area contributed by atoms with Crippen LogP contribution in [0, 0.1) is 0 Å². The van der Waals surface area contributed by atoms with Gasteiger partial charge >= 0.3 is 5.97 Å². The van der Waals surface area contributed by atoms with E-state index in [2.05, 4.69) is 12.0 Å². The second-order valence-electron chi connectivity index (χ2n) is 3.69. The lowest BCUT2D eigenvalue weighted by Crippen LogP contribution is -1.97. The van der Waals surface area contributed by atoms with Crippen molar-refractivity contribution in [2.45, 2.75) is 13.3 Å². The Kier molecular flexibility index (Phi) is 3.28. The highest BCUT2D eigenvalue weighted by Gasteiger charge is 2.14. The first-order valence-electron chi connectivity index (χ1n) is 5.35. The lowest BCUT2D eigenvalue weighted by atomic mass is 10.1. The van der Waals surface area contributed by atoms with Gasteiger partial charge in [0.05, 0.1) is 19.0 Å². The number of rotatable bonds is 3. The molecule has 5 heteroatoms. The Morgan fingerprint density at radius 2 is 2.35 bits per heavy atom. The zero-order chi connectivity index (χ0) is 12.4. The fraction of sp³-hybridized carbons (Fsp3) is 0.333. The summed E-state index contributed by atoms with van der Waals surface area (Å²) >= 11 is 1.39. The summed E-state index contributed by atoms with van der Waals surface area (Å²) < 4.78 is 6.54. The number of thiophene rings is 1. The van der Waals surface area contributed by atoms with Gasteiger partial charge in [-0.2, -0.15) is 5.10 Å². The van der Waals surface area contributed by atoms with Gasteiger partial charge in [0.25, 0.3) is 0 Å². The number of hydrogen-bond donors (Lipinski definition) is 0. The first-order chi connectivity index (χ1) is 8.17. The Labute approximate surface area is 104 Å². The van der Waals surface area contributed by atoms with Gasteiger partial charge in [0.15, 0.2) is 0 Å². The maximum Gasteiger partial charge on any atom is 0.348 e. The molecule has 17 heavy (non-hydrogen) atoms. The van der Waals surface area contributed by atoms with Crippen LogP contribution in [-0.2, 0) is 18.2 Å². The average molecular weight is 250 g/mol. The van der Waals surface area contributed by atoms with E-state index in [1.807, 2.05) is 29.4 Å². The van der Waals surface area contributed by atoms with Crippen LogP contribution < -0.4 is 0 Å². The van der Waals surface area contributed by atoms with E-state index < -0.39 is 0 Å². The number of hydrogen-bond acceptors (Lipinski definition) is 4. The molecule has 0 unspecified atom stereocenters. The molecule has 0 N–H and O–H groups in total. The van der Waals surface area contributed by atoms with Crippen LogP contribution in [0.4, 0.5) is 0 Å². The quantitative estimate of drug-likeness (QED) is 0.786. The van der Waals surface area contributed by atoms with E-state index in [9.17, 15) is 4.79 Å². The summed E-state index contributed by atoms with van der Waals surface area (Å²) in [6.45, 7) is 2.09. The molecule has 0 radical (unpaired) electrons. The predicted octanol–water partition coefficient (Wildman–Crippen LogP) is 2.50. The molecular formula is C12H14N2O2S. The molecule has 4 nitrogen and oxygen atoms in total. The van der Waals surface area contributed by atoms with Crippen LogP contribution in [0.1, 0.15) is 22.2 Å². The number of esters is 1. The number of aryl methyl sites for hydroxylation is 2. The third-order valence-electron chi connectivity index (χ3n) is 2.65. The Hall–Kier alpha value is -1.62. The van der Waals surface area contributed by atoms with Crippen molar-refractivity contribution < 1.29 is 9.53 Å². The van der Waals surface area contributed by atoms with Gasteiger partial charge in [-0.15, -0.1) is 11.3 Å². The van der Waals surface area contributed by atoms with Crippen molar-refractivity contribution in [3.05, 3.63) is 28.1 Å². The monoisotopic (exact) mass is 250 g/mol. The van der Waals surface area contributed by atoms with E-state index in [0.717, 1.165) is 17.7 Å². The van der Waals surface area contributed by atoms with Crippen LogP contribution in [0.5, 0.6) is 0 Å². The number of carbonyl (C=O) groups excluding carboxylic acids is 1. The summed E-state index contributed by atoms with van der Waals surface area (Å²) in [6, 6.07) is 1.85. The molecule has 0 amide bonds. The Balaban J connectivity index is 2.43. The molecule has 0 fully saturated rings. The van der Waals surface area contributed by atoms with Gasteiger partial charge < -0.3 is 4.74 Å². The SMILES string of the molecule is CCc1cnn(C)c1-c1csc(C(=O)OC)c1. The van der Waals surface area contributed by atoms with Crippen molar-refractivity contribution >= 4 is 17.3 Å². The van der Waals surface area contributed by atoms with Gasteiger partial charge in [-0.05, 0) is 18.1 Å². The van der Waals surface area contributed by atoms with Crippen molar-refractivity contribution in [3.8, 4) is 11.3 Å². The minimum absolute atomic E-state index is 0.290. The second-order valence-corrected chi connectivity index (χ2v) is 4.60. The summed E-state index contributed by atoms with van der Waals surface area (Å²) in [4.78, 5) is 12.0. The van der Waals surface area contributed by atoms with Crippen LogP contribution in [-0.4, -0.2) is 22.9 Å². The van der Waals surface area contributed by atoms with Crippen molar-refractivity contribution in [1.29, 1.82) is 0 Å². The van der Waals surface area contributed by atoms with Gasteiger partial charge in [-0.1, -0.05) is 6.92 Å².